The highest BCUT2D eigenvalue weighted by molar-refractivity contribution is 6.32. The van der Waals surface area contributed by atoms with Crippen LogP contribution in [0.4, 0.5) is 0 Å². The molecular weight excluding hydrogens is 298 g/mol. The van der Waals surface area contributed by atoms with Crippen LogP contribution in [0, 0.1) is 0 Å². The van der Waals surface area contributed by atoms with Gasteiger partial charge in [-0.15, -0.1) is 0 Å². The fraction of sp³-hybridized carbons (Fsp3) is 0.0500. The van der Waals surface area contributed by atoms with Crippen molar-refractivity contribution in [2.75, 3.05) is 0 Å². The summed E-state index contributed by atoms with van der Waals surface area (Å²) in [5.41, 5.74) is 4.61. The summed E-state index contributed by atoms with van der Waals surface area (Å²) in [5, 5.41) is 6.19. The molecule has 0 saturated carbocycles. The van der Waals surface area contributed by atoms with Crippen LogP contribution in [0.15, 0.2) is 82.8 Å². The van der Waals surface area contributed by atoms with Crippen molar-refractivity contribution in [2.45, 2.75) is 6.42 Å². The molecule has 2 aliphatic rings. The molecule has 0 unspecified atom stereocenters. The number of aliphatic imine (C=N–C) groups is 1. The first-order chi connectivity index (χ1) is 11.8. The second-order valence-corrected chi connectivity index (χ2v) is 5.55. The van der Waals surface area contributed by atoms with E-state index in [1.165, 1.54) is 0 Å². The maximum atomic E-state index is 10.9. The van der Waals surface area contributed by atoms with Crippen LogP contribution in [0.1, 0.15) is 27.9 Å². The van der Waals surface area contributed by atoms with Crippen LogP contribution in [-0.2, 0) is 0 Å². The Kier molecular flexibility index (Phi) is 3.63. The van der Waals surface area contributed by atoms with Gasteiger partial charge in [0.25, 0.3) is 0 Å². The smallest absolute Gasteiger partial charge is 0.150 e. The van der Waals surface area contributed by atoms with Crippen molar-refractivity contribution >= 4 is 23.8 Å². The van der Waals surface area contributed by atoms with E-state index in [-0.39, 0.29) is 0 Å². The van der Waals surface area contributed by atoms with Crippen molar-refractivity contribution in [3.8, 4) is 0 Å². The molecule has 2 aromatic carbocycles. The van der Waals surface area contributed by atoms with Gasteiger partial charge in [0.05, 0.1) is 5.71 Å². The molecule has 0 atom stereocenters. The van der Waals surface area contributed by atoms with Crippen LogP contribution in [0.5, 0.6) is 0 Å². The fourth-order valence-electron chi connectivity index (χ4n) is 2.77. The Morgan fingerprint density at radius 1 is 0.958 bits per heavy atom. The summed E-state index contributed by atoms with van der Waals surface area (Å²) in [6.07, 6.45) is 7.54. The van der Waals surface area contributed by atoms with E-state index in [9.17, 15) is 4.79 Å². The van der Waals surface area contributed by atoms with Gasteiger partial charge in [0.1, 0.15) is 12.1 Å². The predicted molar refractivity (Wildman–Crippen MR) is 95.8 cm³/mol. The minimum absolute atomic E-state index is 0.656. The Labute approximate surface area is 140 Å². The van der Waals surface area contributed by atoms with Gasteiger partial charge in [0.15, 0.2) is 0 Å². The van der Waals surface area contributed by atoms with Gasteiger partial charge in [-0.05, 0) is 11.6 Å². The standard InChI is InChI=1S/C20H15N3O/c24-14-15-8-10-17(11-9-15)20-18(16-5-2-1-3-6-16)13-23-19(22-20)7-4-12-21-23/h1-3,5-14H,4H2. The summed E-state index contributed by atoms with van der Waals surface area (Å²) in [4.78, 5) is 15.7. The van der Waals surface area contributed by atoms with Crippen LogP contribution in [0.25, 0.3) is 5.57 Å². The van der Waals surface area contributed by atoms with Gasteiger partial charge in [-0.25, -0.2) is 10.0 Å². The Hall–Kier alpha value is -3.27. The molecular formula is C20H15N3O. The lowest BCUT2D eigenvalue weighted by Crippen LogP contribution is -2.21. The van der Waals surface area contributed by atoms with Crippen molar-refractivity contribution < 1.29 is 4.79 Å². The van der Waals surface area contributed by atoms with Gasteiger partial charge in [0, 0.05) is 35.5 Å². The first kappa shape index (κ1) is 14.3. The molecule has 4 nitrogen and oxygen atoms in total. The normalized spacial score (nSPS) is 16.0. The molecule has 0 amide bonds. The lowest BCUT2D eigenvalue weighted by atomic mass is 9.95. The maximum Gasteiger partial charge on any atom is 0.150 e. The molecule has 24 heavy (non-hydrogen) atoms. The minimum atomic E-state index is 0.656. The van der Waals surface area contributed by atoms with Crippen LogP contribution in [0.3, 0.4) is 0 Å². The first-order valence-electron chi connectivity index (χ1n) is 7.79. The number of hydrazone groups is 1. The van der Waals surface area contributed by atoms with Crippen molar-refractivity contribution in [1.82, 2.24) is 5.01 Å². The second kappa shape index (κ2) is 6.08. The third-order valence-electron chi connectivity index (χ3n) is 3.98. The molecule has 0 spiro atoms. The van der Waals surface area contributed by atoms with Crippen LogP contribution >= 0.6 is 0 Å². The number of carbonyl (C=O) groups excluding carboxylic acids is 1. The average Bonchev–Trinajstić information content (AvgIpc) is 2.68. The molecule has 4 heteroatoms. The van der Waals surface area contributed by atoms with E-state index in [0.29, 0.717) is 5.56 Å². The highest BCUT2D eigenvalue weighted by atomic mass is 16.1. The number of hydrogen-bond donors (Lipinski definition) is 0. The van der Waals surface area contributed by atoms with E-state index in [4.69, 9.17) is 4.99 Å². The van der Waals surface area contributed by atoms with E-state index in [1.807, 2.05) is 61.0 Å². The van der Waals surface area contributed by atoms with Crippen molar-refractivity contribution in [3.63, 3.8) is 0 Å². The van der Waals surface area contributed by atoms with E-state index in [0.717, 1.165) is 40.9 Å². The predicted octanol–water partition coefficient (Wildman–Crippen LogP) is 3.88. The molecule has 4 rings (SSSR count). The molecule has 0 aromatic heterocycles. The van der Waals surface area contributed by atoms with Crippen LogP contribution < -0.4 is 0 Å². The number of allylic oxidation sites excluding steroid dienone is 2. The summed E-state index contributed by atoms with van der Waals surface area (Å²) >= 11 is 0. The van der Waals surface area contributed by atoms with Gasteiger partial charge in [-0.2, -0.15) is 5.10 Å². The zero-order valence-electron chi connectivity index (χ0n) is 13.0. The van der Waals surface area contributed by atoms with E-state index in [1.54, 1.807) is 5.01 Å². The zero-order chi connectivity index (χ0) is 16.4. The SMILES string of the molecule is O=Cc1ccc(C2=NC3=CCC=NN3C=C2c2ccccc2)cc1. The number of hydrogen-bond acceptors (Lipinski definition) is 4. The largest absolute Gasteiger partial charge is 0.298 e. The third kappa shape index (κ3) is 2.58. The maximum absolute atomic E-state index is 10.9. The molecule has 0 fully saturated rings. The topological polar surface area (TPSA) is 45.0 Å². The number of carbonyl (C=O) groups is 1. The summed E-state index contributed by atoms with van der Waals surface area (Å²) in [7, 11) is 0. The molecule has 0 saturated heterocycles. The lowest BCUT2D eigenvalue weighted by Gasteiger charge is -2.26. The van der Waals surface area contributed by atoms with Gasteiger partial charge < -0.3 is 0 Å². The van der Waals surface area contributed by atoms with E-state index in [2.05, 4.69) is 17.2 Å². The second-order valence-electron chi connectivity index (χ2n) is 5.55. The molecule has 0 bridgehead atoms. The molecule has 0 radical (unpaired) electrons. The summed E-state index contributed by atoms with van der Waals surface area (Å²) < 4.78 is 0. The van der Waals surface area contributed by atoms with Gasteiger partial charge in [0.2, 0.25) is 0 Å². The Bertz CT molecular complexity index is 890. The molecule has 2 heterocycles. The van der Waals surface area contributed by atoms with E-state index < -0.39 is 0 Å². The van der Waals surface area contributed by atoms with Crippen molar-refractivity contribution in [2.24, 2.45) is 10.1 Å². The lowest BCUT2D eigenvalue weighted by molar-refractivity contribution is 0.112. The van der Waals surface area contributed by atoms with Gasteiger partial charge in [-0.3, -0.25) is 4.79 Å². The zero-order valence-corrected chi connectivity index (χ0v) is 13.0. The van der Waals surface area contributed by atoms with Gasteiger partial charge in [-0.1, -0.05) is 54.6 Å². The third-order valence-corrected chi connectivity index (χ3v) is 3.98. The quantitative estimate of drug-likeness (QED) is 0.807. The average molecular weight is 313 g/mol. The molecule has 0 N–H and O–H groups in total. The molecule has 116 valence electrons. The van der Waals surface area contributed by atoms with E-state index >= 15 is 0 Å². The summed E-state index contributed by atoms with van der Waals surface area (Å²) in [6.45, 7) is 0. The summed E-state index contributed by atoms with van der Waals surface area (Å²) in [5.74, 6) is 0.826. The first-order valence-corrected chi connectivity index (χ1v) is 7.79. The molecule has 2 aromatic rings. The number of nitrogens with zero attached hydrogens (tertiary/aromatic N) is 3. The monoisotopic (exact) mass is 313 g/mol. The fourth-order valence-corrected chi connectivity index (χ4v) is 2.77. The highest BCUT2D eigenvalue weighted by Gasteiger charge is 2.22. The highest BCUT2D eigenvalue weighted by Crippen LogP contribution is 2.29. The number of fused-ring (bicyclic) bond motifs is 1. The number of benzene rings is 2. The van der Waals surface area contributed by atoms with Crippen molar-refractivity contribution in [3.05, 3.63) is 89.4 Å². The van der Waals surface area contributed by atoms with Gasteiger partial charge >= 0.3 is 0 Å². The Balaban J connectivity index is 1.84. The molecule has 0 aliphatic carbocycles. The number of aldehydes is 1. The molecule has 2 aliphatic heterocycles. The van der Waals surface area contributed by atoms with Crippen molar-refractivity contribution in [1.29, 1.82) is 0 Å². The van der Waals surface area contributed by atoms with Crippen LogP contribution in [0.2, 0.25) is 0 Å². The summed E-state index contributed by atoms with van der Waals surface area (Å²) in [6, 6.07) is 17.6. The number of rotatable bonds is 3. The minimum Gasteiger partial charge on any atom is -0.298 e. The Morgan fingerprint density at radius 2 is 1.75 bits per heavy atom. The van der Waals surface area contributed by atoms with Crippen LogP contribution in [-0.4, -0.2) is 23.2 Å². The Morgan fingerprint density at radius 3 is 2.50 bits per heavy atom.